The molecule has 1 unspecified atom stereocenters. The molecule has 1 aromatic rings. The zero-order chi connectivity index (χ0) is 13.1. The smallest absolute Gasteiger partial charge is 0.0511 e. The fraction of sp³-hybridized carbons (Fsp3) is 0.571. The van der Waals surface area contributed by atoms with Gasteiger partial charge in [0.05, 0.1) is 5.69 Å². The van der Waals surface area contributed by atoms with Crippen LogP contribution in [0.5, 0.6) is 0 Å². The van der Waals surface area contributed by atoms with Gasteiger partial charge in [0.25, 0.3) is 0 Å². The van der Waals surface area contributed by atoms with E-state index in [1.807, 2.05) is 0 Å². The van der Waals surface area contributed by atoms with Gasteiger partial charge in [-0.25, -0.2) is 0 Å². The van der Waals surface area contributed by atoms with Gasteiger partial charge in [0.15, 0.2) is 0 Å². The van der Waals surface area contributed by atoms with E-state index < -0.39 is 0 Å². The van der Waals surface area contributed by atoms with Gasteiger partial charge in [0, 0.05) is 30.1 Å². The molecule has 1 aliphatic heterocycles. The lowest BCUT2D eigenvalue weighted by Gasteiger charge is -2.29. The minimum atomic E-state index is 0.445. The van der Waals surface area contributed by atoms with Crippen LogP contribution < -0.4 is 10.6 Å². The summed E-state index contributed by atoms with van der Waals surface area (Å²) in [6.45, 7) is 6.07. The lowest BCUT2D eigenvalue weighted by atomic mass is 10.2. The second-order valence-corrected chi connectivity index (χ2v) is 5.98. The van der Waals surface area contributed by atoms with Gasteiger partial charge < -0.3 is 15.5 Å². The number of anilines is 1. The van der Waals surface area contributed by atoms with Crippen LogP contribution in [-0.4, -0.2) is 44.2 Å². The maximum absolute atomic E-state index is 5.89. The molecular weight excluding hydrogens is 290 g/mol. The molecule has 3 nitrogen and oxygen atoms in total. The molecular formula is C14H22BrN3. The molecule has 0 aliphatic carbocycles. The number of rotatable bonds is 2. The molecule has 0 aromatic heterocycles. The fourth-order valence-electron chi connectivity index (χ4n) is 2.52. The highest BCUT2D eigenvalue weighted by Gasteiger charge is 2.22. The fourth-order valence-corrected chi connectivity index (χ4v) is 3.26. The van der Waals surface area contributed by atoms with E-state index in [-0.39, 0.29) is 0 Å². The van der Waals surface area contributed by atoms with Gasteiger partial charge in [-0.05, 0) is 60.6 Å². The van der Waals surface area contributed by atoms with Crippen molar-refractivity contribution in [3.63, 3.8) is 0 Å². The number of hydrogen-bond donors (Lipinski definition) is 1. The number of benzene rings is 1. The lowest BCUT2D eigenvalue weighted by molar-refractivity contribution is 0.266. The Morgan fingerprint density at radius 2 is 2.17 bits per heavy atom. The molecule has 1 fully saturated rings. The third-order valence-electron chi connectivity index (χ3n) is 3.71. The summed E-state index contributed by atoms with van der Waals surface area (Å²) in [5, 5.41) is 0. The highest BCUT2D eigenvalue weighted by molar-refractivity contribution is 9.10. The highest BCUT2D eigenvalue weighted by atomic mass is 79.9. The van der Waals surface area contributed by atoms with E-state index >= 15 is 0 Å². The first-order valence-corrected chi connectivity index (χ1v) is 7.32. The maximum atomic E-state index is 5.89. The van der Waals surface area contributed by atoms with Crippen molar-refractivity contribution < 1.29 is 0 Å². The van der Waals surface area contributed by atoms with E-state index in [4.69, 9.17) is 5.73 Å². The third kappa shape index (κ3) is 3.05. The molecule has 0 radical (unpaired) electrons. The molecule has 1 saturated heterocycles. The summed E-state index contributed by atoms with van der Waals surface area (Å²) >= 11 is 3.68. The largest absolute Gasteiger partial charge is 0.369 e. The van der Waals surface area contributed by atoms with Crippen LogP contribution in [0.1, 0.15) is 12.0 Å². The van der Waals surface area contributed by atoms with Gasteiger partial charge in [-0.15, -0.1) is 0 Å². The molecule has 1 aliphatic rings. The molecule has 1 heterocycles. The molecule has 0 bridgehead atoms. The highest BCUT2D eigenvalue weighted by Crippen LogP contribution is 2.28. The Hall–Kier alpha value is -0.580. The molecule has 0 saturated carbocycles. The Morgan fingerprint density at radius 1 is 1.39 bits per heavy atom. The molecule has 4 heteroatoms. The van der Waals surface area contributed by atoms with Crippen LogP contribution in [0.4, 0.5) is 5.69 Å². The van der Waals surface area contributed by atoms with E-state index in [9.17, 15) is 0 Å². The molecule has 0 spiro atoms. The predicted molar refractivity (Wildman–Crippen MR) is 81.2 cm³/mol. The van der Waals surface area contributed by atoms with Gasteiger partial charge in [-0.3, -0.25) is 0 Å². The topological polar surface area (TPSA) is 32.5 Å². The van der Waals surface area contributed by atoms with E-state index in [1.54, 1.807) is 0 Å². The van der Waals surface area contributed by atoms with E-state index in [1.165, 1.54) is 22.1 Å². The first-order chi connectivity index (χ1) is 8.61. The molecule has 1 aromatic carbocycles. The monoisotopic (exact) mass is 311 g/mol. The summed E-state index contributed by atoms with van der Waals surface area (Å²) < 4.78 is 1.18. The van der Waals surface area contributed by atoms with Gasteiger partial charge in [0.1, 0.15) is 0 Å². The van der Waals surface area contributed by atoms with Gasteiger partial charge in [-0.1, -0.05) is 6.07 Å². The van der Waals surface area contributed by atoms with Crippen LogP contribution in [0.3, 0.4) is 0 Å². The Labute approximate surface area is 118 Å². The summed E-state index contributed by atoms with van der Waals surface area (Å²) in [5.74, 6) is 0. The first-order valence-electron chi connectivity index (χ1n) is 6.53. The molecule has 2 N–H and O–H groups in total. The Kier molecular flexibility index (Phi) is 4.65. The Morgan fingerprint density at radius 3 is 2.83 bits per heavy atom. The van der Waals surface area contributed by atoms with Crippen LogP contribution >= 0.6 is 15.9 Å². The van der Waals surface area contributed by atoms with Crippen molar-refractivity contribution in [3.05, 3.63) is 28.2 Å². The van der Waals surface area contributed by atoms with Crippen LogP contribution in [0, 0.1) is 6.92 Å². The minimum Gasteiger partial charge on any atom is -0.369 e. The number of likely N-dealkylation sites (N-methyl/N-ethyl adjacent to an activating group) is 1. The molecule has 18 heavy (non-hydrogen) atoms. The standard InChI is InChI=1S/C14H22BrN3/c1-11-4-5-14(13(15)8-11)18-7-3-6-17(2)12(9-16)10-18/h4-5,8,12H,3,6-7,9-10,16H2,1-2H3. The van der Waals surface area contributed by atoms with Crippen molar-refractivity contribution in [2.45, 2.75) is 19.4 Å². The number of hydrogen-bond acceptors (Lipinski definition) is 3. The third-order valence-corrected chi connectivity index (χ3v) is 4.34. The zero-order valence-electron chi connectivity index (χ0n) is 11.2. The Bertz CT molecular complexity index is 408. The van der Waals surface area contributed by atoms with E-state index in [2.05, 4.69) is 57.9 Å². The van der Waals surface area contributed by atoms with Crippen molar-refractivity contribution in [3.8, 4) is 0 Å². The lowest BCUT2D eigenvalue weighted by Crippen LogP contribution is -2.44. The maximum Gasteiger partial charge on any atom is 0.0511 e. The quantitative estimate of drug-likeness (QED) is 0.909. The summed E-state index contributed by atoms with van der Waals surface area (Å²) in [7, 11) is 2.17. The molecule has 100 valence electrons. The predicted octanol–water partition coefficient (Wildman–Crippen LogP) is 2.23. The zero-order valence-corrected chi connectivity index (χ0v) is 12.8. The van der Waals surface area contributed by atoms with Crippen molar-refractivity contribution in [1.82, 2.24) is 4.90 Å². The Balaban J connectivity index is 2.21. The summed E-state index contributed by atoms with van der Waals surface area (Å²) in [6.07, 6.45) is 1.19. The van der Waals surface area contributed by atoms with Crippen molar-refractivity contribution in [2.24, 2.45) is 5.73 Å². The number of nitrogens with two attached hydrogens (primary N) is 1. The van der Waals surface area contributed by atoms with Crippen LogP contribution in [0.25, 0.3) is 0 Å². The average molecular weight is 312 g/mol. The number of halogens is 1. The summed E-state index contributed by atoms with van der Waals surface area (Å²) in [4.78, 5) is 4.83. The van der Waals surface area contributed by atoms with E-state index in [0.29, 0.717) is 6.04 Å². The summed E-state index contributed by atoms with van der Waals surface area (Å²) in [5.41, 5.74) is 8.46. The van der Waals surface area contributed by atoms with Crippen LogP contribution in [0.15, 0.2) is 22.7 Å². The normalized spacial score (nSPS) is 22.0. The summed E-state index contributed by atoms with van der Waals surface area (Å²) in [6, 6.07) is 7.01. The average Bonchev–Trinajstić information content (AvgIpc) is 2.51. The van der Waals surface area contributed by atoms with Crippen molar-refractivity contribution >= 4 is 21.6 Å². The van der Waals surface area contributed by atoms with Crippen LogP contribution in [-0.2, 0) is 0 Å². The van der Waals surface area contributed by atoms with Gasteiger partial charge >= 0.3 is 0 Å². The van der Waals surface area contributed by atoms with Crippen molar-refractivity contribution in [1.29, 1.82) is 0 Å². The second-order valence-electron chi connectivity index (χ2n) is 5.12. The minimum absolute atomic E-state index is 0.445. The van der Waals surface area contributed by atoms with E-state index in [0.717, 1.165) is 26.2 Å². The van der Waals surface area contributed by atoms with Crippen LogP contribution in [0.2, 0.25) is 0 Å². The van der Waals surface area contributed by atoms with Gasteiger partial charge in [0.2, 0.25) is 0 Å². The first kappa shape index (κ1) is 13.8. The number of nitrogens with zero attached hydrogens (tertiary/aromatic N) is 2. The molecule has 2 rings (SSSR count). The molecule has 1 atom stereocenters. The van der Waals surface area contributed by atoms with Crippen molar-refractivity contribution in [2.75, 3.05) is 38.1 Å². The SMILES string of the molecule is Cc1ccc(N2CCCN(C)C(CN)C2)c(Br)c1. The van der Waals surface area contributed by atoms with Gasteiger partial charge in [-0.2, -0.15) is 0 Å². The number of aryl methyl sites for hydroxylation is 1. The second kappa shape index (κ2) is 6.04. The molecule has 0 amide bonds.